The third-order valence-corrected chi connectivity index (χ3v) is 6.71. The van der Waals surface area contributed by atoms with Gasteiger partial charge in [-0.05, 0) is 46.9 Å². The van der Waals surface area contributed by atoms with Gasteiger partial charge in [-0.3, -0.25) is 14.6 Å². The molecule has 11 nitrogen and oxygen atoms in total. The molecule has 38 heavy (non-hydrogen) atoms. The minimum absolute atomic E-state index is 0.0554. The van der Waals surface area contributed by atoms with E-state index in [4.69, 9.17) is 0 Å². The molecule has 1 aliphatic heterocycles. The molecular formula is C26H30N6O5S. The van der Waals surface area contributed by atoms with Gasteiger partial charge < -0.3 is 14.9 Å². The van der Waals surface area contributed by atoms with Gasteiger partial charge >= 0.3 is 0 Å². The lowest BCUT2D eigenvalue weighted by molar-refractivity contribution is 0.0746. The van der Waals surface area contributed by atoms with Gasteiger partial charge in [-0.1, -0.05) is 26.8 Å². The van der Waals surface area contributed by atoms with E-state index in [0.29, 0.717) is 37.6 Å². The van der Waals surface area contributed by atoms with Crippen LogP contribution >= 0.6 is 0 Å². The number of nitrogens with one attached hydrogen (secondary N) is 1. The van der Waals surface area contributed by atoms with Gasteiger partial charge in [0.15, 0.2) is 11.5 Å². The lowest BCUT2D eigenvalue weighted by atomic mass is 9.84. The van der Waals surface area contributed by atoms with Crippen molar-refractivity contribution >= 4 is 27.7 Å². The van der Waals surface area contributed by atoms with E-state index in [1.807, 2.05) is 27.8 Å². The highest BCUT2D eigenvalue weighted by atomic mass is 32.2. The Bertz CT molecular complexity index is 1460. The molecule has 0 unspecified atom stereocenters. The Morgan fingerprint density at radius 3 is 2.24 bits per heavy atom. The Labute approximate surface area is 221 Å². The van der Waals surface area contributed by atoms with Crippen molar-refractivity contribution in [1.29, 1.82) is 0 Å². The highest BCUT2D eigenvalue weighted by molar-refractivity contribution is 7.89. The Kier molecular flexibility index (Phi) is 7.36. The number of carbonyl (C=O) groups is 2. The van der Waals surface area contributed by atoms with Crippen LogP contribution in [0.5, 0.6) is 5.75 Å². The van der Waals surface area contributed by atoms with Crippen LogP contribution in [0.4, 0.5) is 5.82 Å². The summed E-state index contributed by atoms with van der Waals surface area (Å²) in [4.78, 5) is 33.3. The zero-order chi connectivity index (χ0) is 27.7. The topological polar surface area (TPSA) is 146 Å². The monoisotopic (exact) mass is 538 g/mol. The summed E-state index contributed by atoms with van der Waals surface area (Å²) >= 11 is 0. The van der Waals surface area contributed by atoms with Crippen molar-refractivity contribution in [3.63, 3.8) is 0 Å². The quantitative estimate of drug-likeness (QED) is 0.499. The maximum Gasteiger partial charge on any atom is 0.285 e. The van der Waals surface area contributed by atoms with Crippen molar-refractivity contribution < 1.29 is 23.1 Å². The van der Waals surface area contributed by atoms with E-state index in [2.05, 4.69) is 36.0 Å². The average Bonchev–Trinajstić information content (AvgIpc) is 2.87. The van der Waals surface area contributed by atoms with Crippen molar-refractivity contribution in [2.24, 2.45) is 0 Å². The van der Waals surface area contributed by atoms with Crippen LogP contribution in [-0.2, 0) is 15.4 Å². The highest BCUT2D eigenvalue weighted by Crippen LogP contribution is 2.31. The van der Waals surface area contributed by atoms with Gasteiger partial charge in [0.25, 0.3) is 11.8 Å². The van der Waals surface area contributed by atoms with Gasteiger partial charge in [-0.25, -0.2) is 13.1 Å². The summed E-state index contributed by atoms with van der Waals surface area (Å²) in [5.41, 5.74) is 2.78. The van der Waals surface area contributed by atoms with Crippen LogP contribution in [0, 0.1) is 0 Å². The number of pyridine rings is 1. The summed E-state index contributed by atoms with van der Waals surface area (Å²) in [6.07, 6.45) is 3.91. The first-order valence-corrected chi connectivity index (χ1v) is 13.9. The van der Waals surface area contributed by atoms with Crippen molar-refractivity contribution in [3.8, 4) is 16.9 Å². The third-order valence-electron chi connectivity index (χ3n) is 6.16. The molecular weight excluding hydrogens is 508 g/mol. The summed E-state index contributed by atoms with van der Waals surface area (Å²) < 4.78 is 24.4. The molecule has 3 heterocycles. The van der Waals surface area contributed by atoms with Crippen LogP contribution in [0.3, 0.4) is 0 Å². The zero-order valence-corrected chi connectivity index (χ0v) is 22.5. The van der Waals surface area contributed by atoms with E-state index in [-0.39, 0.29) is 22.8 Å². The number of piperazine rings is 1. The second-order valence-electron chi connectivity index (χ2n) is 10.2. The van der Waals surface area contributed by atoms with Crippen molar-refractivity contribution in [1.82, 2.24) is 24.8 Å². The van der Waals surface area contributed by atoms with E-state index in [9.17, 15) is 23.1 Å². The summed E-state index contributed by atoms with van der Waals surface area (Å²) in [5.74, 6) is -0.356. The first kappa shape index (κ1) is 27.0. The number of hydrogen-bond donors (Lipinski definition) is 2. The Hall–Kier alpha value is -4.06. The Balaban J connectivity index is 1.48. The second kappa shape index (κ2) is 10.4. The Morgan fingerprint density at radius 2 is 1.66 bits per heavy atom. The van der Waals surface area contributed by atoms with Crippen molar-refractivity contribution in [2.45, 2.75) is 26.2 Å². The van der Waals surface area contributed by atoms with Crippen molar-refractivity contribution in [3.05, 3.63) is 65.6 Å². The van der Waals surface area contributed by atoms with Gasteiger partial charge in [0.05, 0.1) is 12.5 Å². The molecule has 0 bridgehead atoms. The standard InChI is InChI=1S/C26H30N6O5S/c1-26(2,3)20-12-17(19-14-21(33)16-27-15-19)11-18(13-20)25(35)32-9-7-31(8-10-32)23-6-5-22(28-29-23)24(34)30-38(4,36)37/h5-6,11-16,33H,7-10H2,1-4H3,(H,30,34). The predicted octanol–water partition coefficient (Wildman–Crippen LogP) is 2.19. The van der Waals surface area contributed by atoms with Gasteiger partial charge in [-0.15, -0.1) is 10.2 Å². The summed E-state index contributed by atoms with van der Waals surface area (Å²) in [7, 11) is -3.70. The second-order valence-corrected chi connectivity index (χ2v) is 12.0. The number of sulfonamides is 1. The van der Waals surface area contributed by atoms with Crippen LogP contribution in [0.2, 0.25) is 0 Å². The third kappa shape index (κ3) is 6.43. The molecule has 4 rings (SSSR count). The summed E-state index contributed by atoms with van der Waals surface area (Å²) in [5, 5.41) is 17.8. The molecule has 3 aromatic rings. The van der Waals surface area contributed by atoms with E-state index in [0.717, 1.165) is 22.9 Å². The van der Waals surface area contributed by atoms with Crippen LogP contribution in [-0.4, -0.2) is 77.9 Å². The first-order chi connectivity index (χ1) is 17.8. The number of aromatic nitrogens is 3. The molecule has 2 amide bonds. The van der Waals surface area contributed by atoms with Crippen molar-refractivity contribution in [2.75, 3.05) is 37.3 Å². The van der Waals surface area contributed by atoms with Crippen LogP contribution < -0.4 is 9.62 Å². The minimum Gasteiger partial charge on any atom is -0.506 e. The van der Waals surface area contributed by atoms with Gasteiger partial charge in [0.2, 0.25) is 10.0 Å². The lowest BCUT2D eigenvalue weighted by Crippen LogP contribution is -2.49. The SMILES string of the molecule is CC(C)(C)c1cc(C(=O)N2CCN(c3ccc(C(=O)NS(C)(=O)=O)nn3)CC2)cc(-c2cncc(O)c2)c1. The van der Waals surface area contributed by atoms with E-state index >= 15 is 0 Å². The number of anilines is 1. The summed E-state index contributed by atoms with van der Waals surface area (Å²) in [6, 6.07) is 10.4. The predicted molar refractivity (Wildman–Crippen MR) is 142 cm³/mol. The van der Waals surface area contributed by atoms with Gasteiger partial charge in [-0.2, -0.15) is 0 Å². The Morgan fingerprint density at radius 1 is 0.947 bits per heavy atom. The van der Waals surface area contributed by atoms with E-state index < -0.39 is 15.9 Å². The number of benzene rings is 1. The molecule has 1 aromatic carbocycles. The van der Waals surface area contributed by atoms with Gasteiger partial charge in [0, 0.05) is 43.5 Å². The normalized spacial score (nSPS) is 14.3. The minimum atomic E-state index is -3.70. The van der Waals surface area contributed by atoms with E-state index in [1.54, 1.807) is 23.2 Å². The molecule has 1 saturated heterocycles. The summed E-state index contributed by atoms with van der Waals surface area (Å²) in [6.45, 7) is 8.18. The molecule has 0 aliphatic carbocycles. The molecule has 0 spiro atoms. The van der Waals surface area contributed by atoms with Crippen LogP contribution in [0.25, 0.3) is 11.1 Å². The fraction of sp³-hybridized carbons (Fsp3) is 0.346. The maximum atomic E-state index is 13.5. The highest BCUT2D eigenvalue weighted by Gasteiger charge is 2.26. The van der Waals surface area contributed by atoms with Crippen LogP contribution in [0.1, 0.15) is 47.2 Å². The lowest BCUT2D eigenvalue weighted by Gasteiger charge is -2.35. The first-order valence-electron chi connectivity index (χ1n) is 12.0. The smallest absolute Gasteiger partial charge is 0.285 e. The number of carbonyl (C=O) groups excluding carboxylic acids is 2. The molecule has 200 valence electrons. The van der Waals surface area contributed by atoms with E-state index in [1.165, 1.54) is 12.3 Å². The average molecular weight is 539 g/mol. The fourth-order valence-corrected chi connectivity index (χ4v) is 4.53. The zero-order valence-electron chi connectivity index (χ0n) is 21.7. The molecule has 0 atom stereocenters. The number of rotatable bonds is 5. The number of nitrogens with zero attached hydrogens (tertiary/aromatic N) is 5. The molecule has 12 heteroatoms. The molecule has 1 fully saturated rings. The molecule has 2 aromatic heterocycles. The maximum absolute atomic E-state index is 13.5. The molecule has 0 saturated carbocycles. The largest absolute Gasteiger partial charge is 0.506 e. The molecule has 0 radical (unpaired) electrons. The number of aromatic hydroxyl groups is 1. The molecule has 1 aliphatic rings. The molecule has 2 N–H and O–H groups in total. The van der Waals surface area contributed by atoms with Gasteiger partial charge in [0.1, 0.15) is 5.75 Å². The number of amides is 2. The fourth-order valence-electron chi connectivity index (χ4n) is 4.09. The number of hydrogen-bond acceptors (Lipinski definition) is 9. The van der Waals surface area contributed by atoms with Crippen LogP contribution in [0.15, 0.2) is 48.8 Å².